The van der Waals surface area contributed by atoms with Crippen molar-refractivity contribution in [3.8, 4) is 0 Å². The van der Waals surface area contributed by atoms with Crippen LogP contribution in [-0.4, -0.2) is 13.1 Å². The van der Waals surface area contributed by atoms with Crippen LogP contribution in [0.4, 0.5) is 0 Å². The normalized spacial score (nSPS) is 9.95. The standard InChI is InChI=1S/C17H16O2/c1-13(12-14-6-4-3-5-7-14)15-8-10-16(11-9-15)17(18)19-2/h3-11H,1,12H2,2H3. The zero-order valence-corrected chi connectivity index (χ0v) is 10.9. The van der Waals surface area contributed by atoms with E-state index in [9.17, 15) is 4.79 Å². The maximum atomic E-state index is 11.3. The van der Waals surface area contributed by atoms with Crippen LogP contribution in [0.25, 0.3) is 5.57 Å². The molecule has 19 heavy (non-hydrogen) atoms. The number of benzene rings is 2. The summed E-state index contributed by atoms with van der Waals surface area (Å²) in [6.45, 7) is 4.10. The topological polar surface area (TPSA) is 26.3 Å². The monoisotopic (exact) mass is 252 g/mol. The summed E-state index contributed by atoms with van der Waals surface area (Å²) in [5.74, 6) is -0.319. The highest BCUT2D eigenvalue weighted by Gasteiger charge is 2.06. The number of hydrogen-bond donors (Lipinski definition) is 0. The number of allylic oxidation sites excluding steroid dienone is 1. The summed E-state index contributed by atoms with van der Waals surface area (Å²) >= 11 is 0. The van der Waals surface area contributed by atoms with Gasteiger partial charge in [-0.25, -0.2) is 4.79 Å². The highest BCUT2D eigenvalue weighted by atomic mass is 16.5. The first-order chi connectivity index (χ1) is 9.20. The van der Waals surface area contributed by atoms with E-state index in [2.05, 4.69) is 23.4 Å². The smallest absolute Gasteiger partial charge is 0.337 e. The molecule has 2 aromatic carbocycles. The van der Waals surface area contributed by atoms with Crippen LogP contribution in [0.1, 0.15) is 21.5 Å². The van der Waals surface area contributed by atoms with Gasteiger partial charge in [-0.1, -0.05) is 49.0 Å². The molecule has 0 spiro atoms. The summed E-state index contributed by atoms with van der Waals surface area (Å²) in [6, 6.07) is 17.5. The van der Waals surface area contributed by atoms with Crippen LogP contribution in [0, 0.1) is 0 Å². The van der Waals surface area contributed by atoms with E-state index in [4.69, 9.17) is 0 Å². The summed E-state index contributed by atoms with van der Waals surface area (Å²) < 4.78 is 4.67. The molecule has 0 aliphatic heterocycles. The van der Waals surface area contributed by atoms with Crippen molar-refractivity contribution in [2.24, 2.45) is 0 Å². The number of rotatable bonds is 4. The Balaban J connectivity index is 2.10. The average Bonchev–Trinajstić information content (AvgIpc) is 2.47. The molecule has 2 heteroatoms. The quantitative estimate of drug-likeness (QED) is 0.775. The second kappa shape index (κ2) is 6.01. The fraction of sp³-hybridized carbons (Fsp3) is 0.118. The molecule has 0 unspecified atom stereocenters. The minimum atomic E-state index is -0.319. The molecular weight excluding hydrogens is 236 g/mol. The summed E-state index contributed by atoms with van der Waals surface area (Å²) in [4.78, 5) is 11.3. The molecule has 2 aromatic rings. The Morgan fingerprint density at radius 1 is 1.00 bits per heavy atom. The van der Waals surface area contributed by atoms with Crippen molar-refractivity contribution in [2.75, 3.05) is 7.11 Å². The van der Waals surface area contributed by atoms with Gasteiger partial charge in [0.05, 0.1) is 12.7 Å². The highest BCUT2D eigenvalue weighted by Crippen LogP contribution is 2.18. The molecule has 0 radical (unpaired) electrons. The molecule has 96 valence electrons. The van der Waals surface area contributed by atoms with E-state index in [-0.39, 0.29) is 5.97 Å². The van der Waals surface area contributed by atoms with Crippen molar-refractivity contribution in [3.63, 3.8) is 0 Å². The first kappa shape index (κ1) is 13.1. The molecule has 2 rings (SSSR count). The maximum absolute atomic E-state index is 11.3. The molecule has 2 nitrogen and oxygen atoms in total. The molecule has 0 aromatic heterocycles. The Kier molecular flexibility index (Phi) is 4.14. The molecule has 0 heterocycles. The van der Waals surface area contributed by atoms with E-state index in [1.54, 1.807) is 12.1 Å². The molecule has 0 aliphatic carbocycles. The van der Waals surface area contributed by atoms with Crippen LogP contribution in [0.5, 0.6) is 0 Å². The first-order valence-corrected chi connectivity index (χ1v) is 6.11. The summed E-state index contributed by atoms with van der Waals surface area (Å²) in [5.41, 5.74) is 3.85. The van der Waals surface area contributed by atoms with E-state index in [0.29, 0.717) is 5.56 Å². The third-order valence-corrected chi connectivity index (χ3v) is 2.97. The molecule has 0 amide bonds. The Bertz CT molecular complexity index is 568. The van der Waals surface area contributed by atoms with Crippen LogP contribution < -0.4 is 0 Å². The molecule has 0 aliphatic rings. The van der Waals surface area contributed by atoms with E-state index in [1.807, 2.05) is 30.3 Å². The predicted octanol–water partition coefficient (Wildman–Crippen LogP) is 3.73. The second-order valence-corrected chi connectivity index (χ2v) is 4.33. The molecule has 0 N–H and O–H groups in total. The molecule has 0 bridgehead atoms. The van der Waals surface area contributed by atoms with Crippen molar-refractivity contribution in [3.05, 3.63) is 77.9 Å². The van der Waals surface area contributed by atoms with Crippen molar-refractivity contribution in [1.29, 1.82) is 0 Å². The third kappa shape index (κ3) is 3.32. The van der Waals surface area contributed by atoms with E-state index < -0.39 is 0 Å². The van der Waals surface area contributed by atoms with Gasteiger partial charge in [-0.3, -0.25) is 0 Å². The van der Waals surface area contributed by atoms with Gasteiger partial charge in [0.1, 0.15) is 0 Å². The highest BCUT2D eigenvalue weighted by molar-refractivity contribution is 5.89. The third-order valence-electron chi connectivity index (χ3n) is 2.97. The first-order valence-electron chi connectivity index (χ1n) is 6.11. The van der Waals surface area contributed by atoms with Crippen LogP contribution in [0.3, 0.4) is 0 Å². The number of ether oxygens (including phenoxy) is 1. The van der Waals surface area contributed by atoms with Crippen LogP contribution in [0.2, 0.25) is 0 Å². The molecule has 0 fully saturated rings. The lowest BCUT2D eigenvalue weighted by atomic mass is 9.99. The molecule has 0 saturated heterocycles. The minimum absolute atomic E-state index is 0.319. The van der Waals surface area contributed by atoms with Crippen molar-refractivity contribution >= 4 is 11.5 Å². The van der Waals surface area contributed by atoms with Gasteiger partial charge >= 0.3 is 5.97 Å². The SMILES string of the molecule is C=C(Cc1ccccc1)c1ccc(C(=O)OC)cc1. The van der Waals surface area contributed by atoms with Crippen LogP contribution in [-0.2, 0) is 11.2 Å². The Labute approximate surface area is 113 Å². The summed E-state index contributed by atoms with van der Waals surface area (Å²) in [6.07, 6.45) is 0.804. The van der Waals surface area contributed by atoms with Gasteiger partial charge in [0.25, 0.3) is 0 Å². The Hall–Kier alpha value is -2.35. The zero-order valence-electron chi connectivity index (χ0n) is 10.9. The Morgan fingerprint density at radius 2 is 1.58 bits per heavy atom. The fourth-order valence-electron chi connectivity index (χ4n) is 1.90. The van der Waals surface area contributed by atoms with Crippen LogP contribution >= 0.6 is 0 Å². The zero-order chi connectivity index (χ0) is 13.7. The largest absolute Gasteiger partial charge is 0.465 e. The van der Waals surface area contributed by atoms with Gasteiger partial charge in [-0.05, 0) is 35.3 Å². The lowest BCUT2D eigenvalue weighted by Gasteiger charge is -2.07. The fourth-order valence-corrected chi connectivity index (χ4v) is 1.90. The van der Waals surface area contributed by atoms with Gasteiger partial charge in [0, 0.05) is 0 Å². The maximum Gasteiger partial charge on any atom is 0.337 e. The summed E-state index contributed by atoms with van der Waals surface area (Å²) in [5, 5.41) is 0. The number of methoxy groups -OCH3 is 1. The number of hydrogen-bond acceptors (Lipinski definition) is 2. The second-order valence-electron chi connectivity index (χ2n) is 4.33. The van der Waals surface area contributed by atoms with Gasteiger partial charge in [0.2, 0.25) is 0 Å². The van der Waals surface area contributed by atoms with Crippen molar-refractivity contribution in [1.82, 2.24) is 0 Å². The van der Waals surface area contributed by atoms with E-state index >= 15 is 0 Å². The summed E-state index contributed by atoms with van der Waals surface area (Å²) in [7, 11) is 1.38. The van der Waals surface area contributed by atoms with Gasteiger partial charge in [0.15, 0.2) is 0 Å². The number of esters is 1. The Morgan fingerprint density at radius 3 is 2.16 bits per heavy atom. The number of carbonyl (C=O) groups excluding carboxylic acids is 1. The van der Waals surface area contributed by atoms with Crippen molar-refractivity contribution < 1.29 is 9.53 Å². The molecular formula is C17H16O2. The lowest BCUT2D eigenvalue weighted by Crippen LogP contribution is -2.00. The van der Waals surface area contributed by atoms with Crippen molar-refractivity contribution in [2.45, 2.75) is 6.42 Å². The number of carbonyl (C=O) groups is 1. The van der Waals surface area contributed by atoms with E-state index in [1.165, 1.54) is 12.7 Å². The predicted molar refractivity (Wildman–Crippen MR) is 77.0 cm³/mol. The van der Waals surface area contributed by atoms with Gasteiger partial charge in [-0.15, -0.1) is 0 Å². The molecule has 0 saturated carbocycles. The average molecular weight is 252 g/mol. The van der Waals surface area contributed by atoms with Gasteiger partial charge < -0.3 is 4.74 Å². The lowest BCUT2D eigenvalue weighted by molar-refractivity contribution is 0.0600. The van der Waals surface area contributed by atoms with Gasteiger partial charge in [-0.2, -0.15) is 0 Å². The van der Waals surface area contributed by atoms with E-state index in [0.717, 1.165) is 17.6 Å². The van der Waals surface area contributed by atoms with Crippen LogP contribution in [0.15, 0.2) is 61.2 Å². The molecule has 0 atom stereocenters. The minimum Gasteiger partial charge on any atom is -0.465 e.